The highest BCUT2D eigenvalue weighted by Crippen LogP contribution is 2.28. The van der Waals surface area contributed by atoms with Gasteiger partial charge in [0.1, 0.15) is 18.0 Å². The van der Waals surface area contributed by atoms with Crippen molar-refractivity contribution in [3.63, 3.8) is 0 Å². The van der Waals surface area contributed by atoms with Crippen molar-refractivity contribution in [3.8, 4) is 0 Å². The maximum absolute atomic E-state index is 6.18. The van der Waals surface area contributed by atoms with E-state index in [0.29, 0.717) is 10.0 Å². The number of nitrogens with one attached hydrogen (secondary N) is 2. The molecule has 0 saturated heterocycles. The molecule has 2 rings (SSSR count). The van der Waals surface area contributed by atoms with Gasteiger partial charge in [-0.3, -0.25) is 0 Å². The minimum absolute atomic E-state index is 0.0179. The summed E-state index contributed by atoms with van der Waals surface area (Å²) in [5.74, 6) is 1.49. The van der Waals surface area contributed by atoms with Crippen molar-refractivity contribution >= 4 is 34.8 Å². The quantitative estimate of drug-likeness (QED) is 0.895. The van der Waals surface area contributed by atoms with E-state index >= 15 is 0 Å². The van der Waals surface area contributed by atoms with Crippen molar-refractivity contribution in [1.82, 2.24) is 9.97 Å². The second-order valence-corrected chi connectivity index (χ2v) is 4.91. The highest BCUT2D eigenvalue weighted by Gasteiger charge is 2.10. The van der Waals surface area contributed by atoms with Crippen LogP contribution in [0.4, 0.5) is 11.6 Å². The standard InChI is InChI=1S/C13H14Cl2N4/c1-8(10-4-3-9(14)5-11(10)15)19-13-6-12(16-2)17-7-18-13/h3-8H,1-2H3,(H2,16,17,18,19). The Bertz CT molecular complexity index is 574. The Morgan fingerprint density at radius 2 is 1.84 bits per heavy atom. The van der Waals surface area contributed by atoms with E-state index in [1.54, 1.807) is 6.07 Å². The van der Waals surface area contributed by atoms with Gasteiger partial charge in [0, 0.05) is 23.2 Å². The fraction of sp³-hybridized carbons (Fsp3) is 0.231. The summed E-state index contributed by atoms with van der Waals surface area (Å²) in [5.41, 5.74) is 0.968. The Morgan fingerprint density at radius 3 is 2.53 bits per heavy atom. The maximum atomic E-state index is 6.18. The van der Waals surface area contributed by atoms with Gasteiger partial charge in [-0.1, -0.05) is 29.3 Å². The SMILES string of the molecule is CNc1cc(NC(C)c2ccc(Cl)cc2Cl)ncn1. The van der Waals surface area contributed by atoms with Crippen LogP contribution < -0.4 is 10.6 Å². The Balaban J connectivity index is 2.17. The minimum Gasteiger partial charge on any atom is -0.373 e. The Labute approximate surface area is 122 Å². The molecule has 0 spiro atoms. The molecule has 2 N–H and O–H groups in total. The molecule has 4 nitrogen and oxygen atoms in total. The van der Waals surface area contributed by atoms with Crippen molar-refractivity contribution in [2.24, 2.45) is 0 Å². The van der Waals surface area contributed by atoms with E-state index in [2.05, 4.69) is 20.6 Å². The summed E-state index contributed by atoms with van der Waals surface area (Å²) in [4.78, 5) is 8.23. The summed E-state index contributed by atoms with van der Waals surface area (Å²) in [6, 6.07) is 7.31. The summed E-state index contributed by atoms with van der Waals surface area (Å²) < 4.78 is 0. The molecule has 0 bridgehead atoms. The van der Waals surface area contributed by atoms with Gasteiger partial charge >= 0.3 is 0 Å². The lowest BCUT2D eigenvalue weighted by Crippen LogP contribution is -2.09. The van der Waals surface area contributed by atoms with Gasteiger partial charge in [-0.25, -0.2) is 9.97 Å². The lowest BCUT2D eigenvalue weighted by atomic mass is 10.1. The van der Waals surface area contributed by atoms with Crippen molar-refractivity contribution in [3.05, 3.63) is 46.2 Å². The first kappa shape index (κ1) is 13.9. The van der Waals surface area contributed by atoms with Crippen LogP contribution in [0.3, 0.4) is 0 Å². The number of rotatable bonds is 4. The third-order valence-electron chi connectivity index (χ3n) is 2.72. The Morgan fingerprint density at radius 1 is 1.11 bits per heavy atom. The van der Waals surface area contributed by atoms with Gasteiger partial charge in [0.15, 0.2) is 0 Å². The van der Waals surface area contributed by atoms with Crippen LogP contribution in [0.5, 0.6) is 0 Å². The number of benzene rings is 1. The fourth-order valence-electron chi connectivity index (χ4n) is 1.73. The fourth-order valence-corrected chi connectivity index (χ4v) is 2.30. The molecule has 19 heavy (non-hydrogen) atoms. The van der Waals surface area contributed by atoms with E-state index < -0.39 is 0 Å². The molecule has 1 unspecified atom stereocenters. The molecule has 0 fully saturated rings. The second-order valence-electron chi connectivity index (χ2n) is 4.07. The highest BCUT2D eigenvalue weighted by atomic mass is 35.5. The molecule has 6 heteroatoms. The average Bonchev–Trinajstić information content (AvgIpc) is 2.38. The number of anilines is 2. The number of nitrogens with zero attached hydrogens (tertiary/aromatic N) is 2. The summed E-state index contributed by atoms with van der Waals surface area (Å²) in [7, 11) is 1.81. The molecule has 100 valence electrons. The van der Waals surface area contributed by atoms with Crippen LogP contribution >= 0.6 is 23.2 Å². The zero-order valence-electron chi connectivity index (χ0n) is 10.6. The third kappa shape index (κ3) is 3.49. The van der Waals surface area contributed by atoms with Crippen LogP contribution in [-0.2, 0) is 0 Å². The van der Waals surface area contributed by atoms with Crippen LogP contribution in [0.2, 0.25) is 10.0 Å². The monoisotopic (exact) mass is 296 g/mol. The smallest absolute Gasteiger partial charge is 0.131 e. The molecule has 0 saturated carbocycles. The number of hydrogen-bond donors (Lipinski definition) is 2. The van der Waals surface area contributed by atoms with Crippen molar-refractivity contribution in [2.75, 3.05) is 17.7 Å². The molecule has 1 aromatic carbocycles. The largest absolute Gasteiger partial charge is 0.373 e. The first-order valence-electron chi connectivity index (χ1n) is 5.81. The Kier molecular flexibility index (Phi) is 4.45. The maximum Gasteiger partial charge on any atom is 0.131 e. The van der Waals surface area contributed by atoms with Crippen LogP contribution in [-0.4, -0.2) is 17.0 Å². The lowest BCUT2D eigenvalue weighted by Gasteiger charge is -2.16. The number of halogens is 2. The molecule has 1 aromatic heterocycles. The van der Waals surface area contributed by atoms with E-state index in [4.69, 9.17) is 23.2 Å². The third-order valence-corrected chi connectivity index (χ3v) is 3.28. The van der Waals surface area contributed by atoms with E-state index in [-0.39, 0.29) is 6.04 Å². The molecule has 0 aliphatic carbocycles. The molecule has 2 aromatic rings. The first-order chi connectivity index (χ1) is 9.10. The van der Waals surface area contributed by atoms with Crippen LogP contribution in [0.1, 0.15) is 18.5 Å². The van der Waals surface area contributed by atoms with Gasteiger partial charge in [0.2, 0.25) is 0 Å². The minimum atomic E-state index is 0.0179. The van der Waals surface area contributed by atoms with Crippen molar-refractivity contribution < 1.29 is 0 Å². The lowest BCUT2D eigenvalue weighted by molar-refractivity contribution is 0.872. The topological polar surface area (TPSA) is 49.8 Å². The van der Waals surface area contributed by atoms with E-state index in [1.165, 1.54) is 6.33 Å². The van der Waals surface area contributed by atoms with Gasteiger partial charge in [-0.15, -0.1) is 0 Å². The summed E-state index contributed by atoms with van der Waals surface area (Å²) in [6.07, 6.45) is 1.50. The normalized spacial score (nSPS) is 12.0. The van der Waals surface area contributed by atoms with Gasteiger partial charge in [0.05, 0.1) is 6.04 Å². The molecule has 1 heterocycles. The molecule has 0 radical (unpaired) electrons. The predicted molar refractivity (Wildman–Crippen MR) is 80.1 cm³/mol. The van der Waals surface area contributed by atoms with E-state index in [0.717, 1.165) is 17.2 Å². The van der Waals surface area contributed by atoms with E-state index in [1.807, 2.05) is 32.2 Å². The van der Waals surface area contributed by atoms with Gasteiger partial charge < -0.3 is 10.6 Å². The molecular formula is C13H14Cl2N4. The second kappa shape index (κ2) is 6.08. The average molecular weight is 297 g/mol. The van der Waals surface area contributed by atoms with Gasteiger partial charge in [-0.05, 0) is 24.6 Å². The van der Waals surface area contributed by atoms with Crippen LogP contribution in [0.15, 0.2) is 30.6 Å². The van der Waals surface area contributed by atoms with Gasteiger partial charge in [-0.2, -0.15) is 0 Å². The predicted octanol–water partition coefficient (Wildman–Crippen LogP) is 4.00. The Hall–Kier alpha value is -1.52. The molecule has 0 aliphatic heterocycles. The number of aromatic nitrogens is 2. The summed E-state index contributed by atoms with van der Waals surface area (Å²) in [5, 5.41) is 7.50. The highest BCUT2D eigenvalue weighted by molar-refractivity contribution is 6.35. The van der Waals surface area contributed by atoms with Crippen molar-refractivity contribution in [1.29, 1.82) is 0 Å². The molecule has 1 atom stereocenters. The van der Waals surface area contributed by atoms with Crippen LogP contribution in [0, 0.1) is 0 Å². The summed E-state index contributed by atoms with van der Waals surface area (Å²) in [6.45, 7) is 2.01. The van der Waals surface area contributed by atoms with Gasteiger partial charge in [0.25, 0.3) is 0 Å². The summed E-state index contributed by atoms with van der Waals surface area (Å²) >= 11 is 12.1. The molecular weight excluding hydrogens is 283 g/mol. The van der Waals surface area contributed by atoms with E-state index in [9.17, 15) is 0 Å². The first-order valence-corrected chi connectivity index (χ1v) is 6.57. The van der Waals surface area contributed by atoms with Crippen LogP contribution in [0.25, 0.3) is 0 Å². The zero-order chi connectivity index (χ0) is 13.8. The van der Waals surface area contributed by atoms with Crippen molar-refractivity contribution in [2.45, 2.75) is 13.0 Å². The molecule has 0 amide bonds. The number of hydrogen-bond acceptors (Lipinski definition) is 4. The molecule has 0 aliphatic rings. The zero-order valence-corrected chi connectivity index (χ0v) is 12.1.